The maximum Gasteiger partial charge on any atom is 0.418 e. The molecule has 2 heterocycles. The molecule has 1 aliphatic rings. The Kier molecular flexibility index (Phi) is 5.85. The molecule has 0 saturated carbocycles. The highest BCUT2D eigenvalue weighted by Crippen LogP contribution is 2.44. The van der Waals surface area contributed by atoms with Crippen LogP contribution in [0.1, 0.15) is 30.1 Å². The van der Waals surface area contributed by atoms with E-state index in [-0.39, 0.29) is 6.61 Å². The molecule has 32 heavy (non-hydrogen) atoms. The molecule has 3 aromatic rings. The minimum Gasteiger partial charge on any atom is -0.497 e. The van der Waals surface area contributed by atoms with E-state index in [1.807, 2.05) is 0 Å². The summed E-state index contributed by atoms with van der Waals surface area (Å²) in [5, 5.41) is 14.2. The molecule has 0 bridgehead atoms. The molecular formula is C23H24F3N3O3. The van der Waals surface area contributed by atoms with E-state index in [2.05, 4.69) is 15.3 Å². The zero-order valence-electron chi connectivity index (χ0n) is 17.7. The number of aromatic nitrogens is 2. The van der Waals surface area contributed by atoms with Gasteiger partial charge in [0.15, 0.2) is 5.60 Å². The Bertz CT molecular complexity index is 1120. The molecule has 2 unspecified atom stereocenters. The molecule has 2 aromatic carbocycles. The van der Waals surface area contributed by atoms with Crippen LogP contribution in [0.4, 0.5) is 18.9 Å². The molecule has 4 rings (SSSR count). The molecular weight excluding hydrogens is 423 g/mol. The van der Waals surface area contributed by atoms with Gasteiger partial charge in [-0.05, 0) is 49.4 Å². The second kappa shape index (κ2) is 8.46. The molecule has 0 fully saturated rings. The van der Waals surface area contributed by atoms with Crippen molar-refractivity contribution in [3.8, 4) is 11.5 Å². The van der Waals surface area contributed by atoms with Crippen LogP contribution in [-0.4, -0.2) is 47.1 Å². The fraction of sp³-hybridized carbons (Fsp3) is 0.391. The first kappa shape index (κ1) is 22.1. The fourth-order valence-electron chi connectivity index (χ4n) is 4.02. The predicted octanol–water partition coefficient (Wildman–Crippen LogP) is 4.61. The van der Waals surface area contributed by atoms with Crippen LogP contribution in [0.3, 0.4) is 0 Å². The van der Waals surface area contributed by atoms with E-state index in [0.717, 1.165) is 0 Å². The summed E-state index contributed by atoms with van der Waals surface area (Å²) in [4.78, 5) is 8.44. The summed E-state index contributed by atoms with van der Waals surface area (Å²) >= 11 is 0. The SMILES string of the molecule is COc1ccc2c(c1)OCCC2CC(O)(CNc1cccc2nc(C)ncc12)C(F)(F)F. The van der Waals surface area contributed by atoms with Crippen molar-refractivity contribution >= 4 is 16.6 Å². The summed E-state index contributed by atoms with van der Waals surface area (Å²) < 4.78 is 53.0. The molecule has 0 spiro atoms. The number of fused-ring (bicyclic) bond motifs is 2. The molecule has 0 saturated heterocycles. The zero-order valence-corrected chi connectivity index (χ0v) is 17.7. The molecule has 170 valence electrons. The largest absolute Gasteiger partial charge is 0.497 e. The maximum absolute atomic E-state index is 14.1. The Hall–Kier alpha value is -3.07. The lowest BCUT2D eigenvalue weighted by molar-refractivity contribution is -0.258. The fourth-order valence-corrected chi connectivity index (χ4v) is 4.02. The third kappa shape index (κ3) is 4.29. The number of halogens is 3. The average Bonchev–Trinajstić information content (AvgIpc) is 2.76. The second-order valence-electron chi connectivity index (χ2n) is 7.98. The second-order valence-corrected chi connectivity index (χ2v) is 7.98. The highest BCUT2D eigenvalue weighted by atomic mass is 19.4. The Balaban J connectivity index is 1.60. The summed E-state index contributed by atoms with van der Waals surface area (Å²) in [5.74, 6) is 1.10. The predicted molar refractivity (Wildman–Crippen MR) is 114 cm³/mol. The Morgan fingerprint density at radius 2 is 2.06 bits per heavy atom. The van der Waals surface area contributed by atoms with Crippen LogP contribution >= 0.6 is 0 Å². The Morgan fingerprint density at radius 3 is 2.81 bits per heavy atom. The lowest BCUT2D eigenvalue weighted by Crippen LogP contribution is -2.51. The van der Waals surface area contributed by atoms with E-state index in [1.165, 1.54) is 7.11 Å². The molecule has 6 nitrogen and oxygen atoms in total. The van der Waals surface area contributed by atoms with Crippen LogP contribution in [-0.2, 0) is 0 Å². The Labute approximate surface area is 183 Å². The van der Waals surface area contributed by atoms with Crippen molar-refractivity contribution in [3.63, 3.8) is 0 Å². The number of aryl methyl sites for hydroxylation is 1. The van der Waals surface area contributed by atoms with Crippen molar-refractivity contribution in [2.45, 2.75) is 37.5 Å². The summed E-state index contributed by atoms with van der Waals surface area (Å²) in [6.45, 7) is 1.31. The number of hydrogen-bond donors (Lipinski definition) is 2. The number of hydrogen-bond acceptors (Lipinski definition) is 6. The topological polar surface area (TPSA) is 76.5 Å². The number of rotatable bonds is 6. The number of nitrogens with zero attached hydrogens (tertiary/aromatic N) is 2. The van der Waals surface area contributed by atoms with Gasteiger partial charge in [0.1, 0.15) is 17.3 Å². The smallest absolute Gasteiger partial charge is 0.418 e. The van der Waals surface area contributed by atoms with Gasteiger partial charge in [-0.1, -0.05) is 12.1 Å². The van der Waals surface area contributed by atoms with E-state index in [0.29, 0.717) is 45.9 Å². The lowest BCUT2D eigenvalue weighted by Gasteiger charge is -2.36. The van der Waals surface area contributed by atoms with Crippen molar-refractivity contribution in [3.05, 3.63) is 54.0 Å². The van der Waals surface area contributed by atoms with Crippen molar-refractivity contribution in [2.24, 2.45) is 0 Å². The van der Waals surface area contributed by atoms with Crippen LogP contribution in [0.25, 0.3) is 10.9 Å². The summed E-state index contributed by atoms with van der Waals surface area (Å²) in [6, 6.07) is 10.2. The first-order valence-electron chi connectivity index (χ1n) is 10.3. The normalized spacial score (nSPS) is 17.9. The molecule has 1 aromatic heterocycles. The highest BCUT2D eigenvalue weighted by Gasteiger charge is 2.54. The van der Waals surface area contributed by atoms with Crippen LogP contribution < -0.4 is 14.8 Å². The van der Waals surface area contributed by atoms with Crippen molar-refractivity contribution < 1.29 is 27.8 Å². The van der Waals surface area contributed by atoms with Gasteiger partial charge in [0, 0.05) is 23.3 Å². The number of alkyl halides is 3. The summed E-state index contributed by atoms with van der Waals surface area (Å²) in [6.07, 6.45) is -3.39. The quantitative estimate of drug-likeness (QED) is 0.575. The van der Waals surface area contributed by atoms with E-state index in [1.54, 1.807) is 49.5 Å². The van der Waals surface area contributed by atoms with Gasteiger partial charge in [-0.25, -0.2) is 9.97 Å². The zero-order chi connectivity index (χ0) is 22.9. The van der Waals surface area contributed by atoms with Gasteiger partial charge in [0.05, 0.1) is 25.8 Å². The first-order chi connectivity index (χ1) is 15.2. The molecule has 0 amide bonds. The van der Waals surface area contributed by atoms with Gasteiger partial charge in [-0.3, -0.25) is 0 Å². The highest BCUT2D eigenvalue weighted by molar-refractivity contribution is 5.90. The van der Waals surface area contributed by atoms with Crippen molar-refractivity contribution in [1.29, 1.82) is 0 Å². The third-order valence-electron chi connectivity index (χ3n) is 5.81. The monoisotopic (exact) mass is 447 g/mol. The summed E-state index contributed by atoms with van der Waals surface area (Å²) in [7, 11) is 1.51. The molecule has 0 radical (unpaired) electrons. The lowest BCUT2D eigenvalue weighted by atomic mass is 9.82. The van der Waals surface area contributed by atoms with Gasteiger partial charge in [-0.2, -0.15) is 13.2 Å². The van der Waals surface area contributed by atoms with Crippen LogP contribution in [0.2, 0.25) is 0 Å². The van der Waals surface area contributed by atoms with E-state index in [9.17, 15) is 18.3 Å². The van der Waals surface area contributed by atoms with Crippen LogP contribution in [0, 0.1) is 6.92 Å². The van der Waals surface area contributed by atoms with Crippen molar-refractivity contribution in [1.82, 2.24) is 9.97 Å². The van der Waals surface area contributed by atoms with E-state index in [4.69, 9.17) is 9.47 Å². The molecule has 1 aliphatic heterocycles. The number of nitrogens with one attached hydrogen (secondary N) is 1. The van der Waals surface area contributed by atoms with E-state index >= 15 is 0 Å². The van der Waals surface area contributed by atoms with Crippen LogP contribution in [0.5, 0.6) is 11.5 Å². The van der Waals surface area contributed by atoms with Crippen LogP contribution in [0.15, 0.2) is 42.6 Å². The summed E-state index contributed by atoms with van der Waals surface area (Å²) in [5.41, 5.74) is -1.26. The molecule has 9 heteroatoms. The number of benzene rings is 2. The minimum atomic E-state index is -4.83. The number of ether oxygens (including phenoxy) is 2. The first-order valence-corrected chi connectivity index (χ1v) is 10.3. The maximum atomic E-state index is 14.1. The number of anilines is 1. The van der Waals surface area contributed by atoms with Crippen molar-refractivity contribution in [2.75, 3.05) is 25.6 Å². The standard InChI is InChI=1S/C23H24F3N3O3/c1-14-27-12-18-19(4-3-5-20(18)29-14)28-13-22(30,23(24,25)26)11-15-8-9-32-21-10-16(31-2)6-7-17(15)21/h3-7,10,12,15,28,30H,8-9,11,13H2,1-2H3. The molecule has 2 atom stereocenters. The Morgan fingerprint density at radius 1 is 1.25 bits per heavy atom. The van der Waals surface area contributed by atoms with E-state index < -0.39 is 30.7 Å². The minimum absolute atomic E-state index is 0.270. The van der Waals surface area contributed by atoms with Gasteiger partial charge in [-0.15, -0.1) is 0 Å². The number of methoxy groups -OCH3 is 1. The van der Waals surface area contributed by atoms with Gasteiger partial charge >= 0.3 is 6.18 Å². The van der Waals surface area contributed by atoms with Gasteiger partial charge in [0.25, 0.3) is 0 Å². The average molecular weight is 447 g/mol. The number of aliphatic hydroxyl groups is 1. The third-order valence-corrected chi connectivity index (χ3v) is 5.81. The molecule has 2 N–H and O–H groups in total. The van der Waals surface area contributed by atoms with Gasteiger partial charge < -0.3 is 19.9 Å². The molecule has 0 aliphatic carbocycles. The van der Waals surface area contributed by atoms with Gasteiger partial charge in [0.2, 0.25) is 0 Å².